The molecule has 0 aliphatic carbocycles. The molecule has 0 aromatic carbocycles. The molecule has 0 aromatic heterocycles. The Labute approximate surface area is 141 Å². The fourth-order valence-electron chi connectivity index (χ4n) is 2.63. The summed E-state index contributed by atoms with van der Waals surface area (Å²) in [6.07, 6.45) is -0.949. The highest BCUT2D eigenvalue weighted by atomic mass is 28.4. The van der Waals surface area contributed by atoms with Gasteiger partial charge in [-0.1, -0.05) is 34.6 Å². The van der Waals surface area contributed by atoms with Crippen molar-refractivity contribution in [2.75, 3.05) is 6.61 Å². The van der Waals surface area contributed by atoms with E-state index in [4.69, 9.17) is 14.3 Å². The number of nitrogens with zero attached hydrogens (tertiary/aromatic N) is 1. The van der Waals surface area contributed by atoms with E-state index in [1.807, 2.05) is 0 Å². The summed E-state index contributed by atoms with van der Waals surface area (Å²) in [7, 11) is -1.98. The van der Waals surface area contributed by atoms with Crippen LogP contribution in [0, 0.1) is 16.7 Å². The maximum absolute atomic E-state index is 9.80. The Bertz CT molecular complexity index is 439. The van der Waals surface area contributed by atoms with Crippen LogP contribution >= 0.6 is 0 Å². The van der Waals surface area contributed by atoms with Gasteiger partial charge in [0, 0.05) is 18.3 Å². The molecule has 1 heterocycles. The minimum atomic E-state index is -1.98. The van der Waals surface area contributed by atoms with Crippen LogP contribution in [0.25, 0.3) is 0 Å². The Hall–Kier alpha value is -0.453. The lowest BCUT2D eigenvalue weighted by atomic mass is 9.74. The van der Waals surface area contributed by atoms with Crippen LogP contribution in [0.1, 0.15) is 47.5 Å². The fourth-order valence-corrected chi connectivity index (χ4v) is 4.10. The van der Waals surface area contributed by atoms with Gasteiger partial charge in [-0.2, -0.15) is 5.26 Å². The molecular weight excluding hydrogens is 310 g/mol. The summed E-state index contributed by atoms with van der Waals surface area (Å²) in [5.41, 5.74) is -0.334. The van der Waals surface area contributed by atoms with Crippen LogP contribution in [0.3, 0.4) is 0 Å². The first-order valence-corrected chi connectivity index (χ1v) is 11.3. The van der Waals surface area contributed by atoms with Crippen LogP contribution in [-0.4, -0.2) is 49.6 Å². The average Bonchev–Trinajstić information content (AvgIpc) is 2.41. The normalized spacial score (nSPS) is 29.8. The van der Waals surface area contributed by atoms with Gasteiger partial charge in [0.15, 0.2) is 8.32 Å². The summed E-state index contributed by atoms with van der Waals surface area (Å²) < 4.78 is 12.5. The van der Waals surface area contributed by atoms with Crippen LogP contribution in [0.5, 0.6) is 0 Å². The number of ether oxygens (including phenoxy) is 1. The Morgan fingerprint density at radius 1 is 1.39 bits per heavy atom. The number of aliphatic hydroxyl groups excluding tert-OH is 2. The SMILES string of the molecule is CC1(C)[C@@H](C[C@@H](O)CO)O[C@H](C#N)C[C@H]1O[Si](C)(C)C(C)(C)C. The van der Waals surface area contributed by atoms with Crippen LogP contribution in [0.4, 0.5) is 0 Å². The predicted octanol–water partition coefficient (Wildman–Crippen LogP) is 2.83. The number of rotatable bonds is 5. The van der Waals surface area contributed by atoms with Crippen molar-refractivity contribution in [1.82, 2.24) is 0 Å². The van der Waals surface area contributed by atoms with Gasteiger partial charge in [-0.15, -0.1) is 0 Å². The van der Waals surface area contributed by atoms with Crippen molar-refractivity contribution in [1.29, 1.82) is 5.26 Å². The lowest BCUT2D eigenvalue weighted by molar-refractivity contribution is -0.165. The molecule has 0 aromatic rings. The Balaban J connectivity index is 3.02. The van der Waals surface area contributed by atoms with Gasteiger partial charge in [0.25, 0.3) is 0 Å². The second kappa shape index (κ2) is 7.20. The van der Waals surface area contributed by atoms with Crippen LogP contribution < -0.4 is 0 Å². The topological polar surface area (TPSA) is 82.7 Å². The number of hydrogen-bond acceptors (Lipinski definition) is 5. The van der Waals surface area contributed by atoms with Crippen molar-refractivity contribution in [3.8, 4) is 6.07 Å². The maximum atomic E-state index is 9.80. The molecule has 4 atom stereocenters. The molecule has 0 bridgehead atoms. The van der Waals surface area contributed by atoms with Crippen LogP contribution in [0.15, 0.2) is 0 Å². The molecule has 23 heavy (non-hydrogen) atoms. The monoisotopic (exact) mass is 343 g/mol. The van der Waals surface area contributed by atoms with Gasteiger partial charge >= 0.3 is 0 Å². The zero-order valence-corrected chi connectivity index (χ0v) is 16.6. The first kappa shape index (κ1) is 20.6. The van der Waals surface area contributed by atoms with Crippen molar-refractivity contribution >= 4 is 8.32 Å². The van der Waals surface area contributed by atoms with Gasteiger partial charge in [-0.25, -0.2) is 0 Å². The quantitative estimate of drug-likeness (QED) is 0.750. The molecule has 2 N–H and O–H groups in total. The first-order chi connectivity index (χ1) is 10.3. The van der Waals surface area contributed by atoms with Crippen molar-refractivity contribution in [3.63, 3.8) is 0 Å². The van der Waals surface area contributed by atoms with E-state index in [1.165, 1.54) is 0 Å². The lowest BCUT2D eigenvalue weighted by Gasteiger charge is -2.50. The van der Waals surface area contributed by atoms with E-state index in [9.17, 15) is 10.4 Å². The smallest absolute Gasteiger partial charge is 0.192 e. The second-order valence-electron chi connectivity index (χ2n) is 8.74. The van der Waals surface area contributed by atoms with E-state index < -0.39 is 20.5 Å². The highest BCUT2D eigenvalue weighted by molar-refractivity contribution is 6.74. The molecule has 1 rings (SSSR count). The Morgan fingerprint density at radius 3 is 2.39 bits per heavy atom. The van der Waals surface area contributed by atoms with E-state index in [0.717, 1.165) is 0 Å². The van der Waals surface area contributed by atoms with Gasteiger partial charge in [0.05, 0.1) is 31.0 Å². The second-order valence-corrected chi connectivity index (χ2v) is 13.5. The molecule has 134 valence electrons. The third kappa shape index (κ3) is 4.77. The van der Waals surface area contributed by atoms with E-state index in [2.05, 4.69) is 53.8 Å². The van der Waals surface area contributed by atoms with E-state index >= 15 is 0 Å². The molecule has 1 aliphatic heterocycles. The molecule has 1 saturated heterocycles. The highest BCUT2D eigenvalue weighted by Gasteiger charge is 2.50. The number of nitriles is 1. The molecule has 0 amide bonds. The van der Waals surface area contributed by atoms with E-state index in [0.29, 0.717) is 12.8 Å². The summed E-state index contributed by atoms with van der Waals surface area (Å²) in [6.45, 7) is 14.8. The minimum absolute atomic E-state index is 0.0869. The molecular formula is C17H33NO4Si. The van der Waals surface area contributed by atoms with Crippen molar-refractivity contribution in [2.45, 2.75) is 90.0 Å². The maximum Gasteiger partial charge on any atom is 0.192 e. The molecule has 0 unspecified atom stereocenters. The standard InChI is InChI=1S/C17H33NO4Si/c1-16(2,3)23(6,7)22-15-9-13(10-18)21-14(17(15,4)5)8-12(20)11-19/h12-15,19-20H,8-9,11H2,1-7H3/t12-,13+,14-,15-/m1/s1. The molecule has 1 fully saturated rings. The van der Waals surface area contributed by atoms with Crippen LogP contribution in [-0.2, 0) is 9.16 Å². The molecule has 0 radical (unpaired) electrons. The summed E-state index contributed by atoms with van der Waals surface area (Å²) in [6, 6.07) is 2.19. The predicted molar refractivity (Wildman–Crippen MR) is 92.5 cm³/mol. The third-order valence-corrected chi connectivity index (χ3v) is 9.99. The molecule has 6 heteroatoms. The van der Waals surface area contributed by atoms with Crippen molar-refractivity contribution < 1.29 is 19.4 Å². The van der Waals surface area contributed by atoms with E-state index in [1.54, 1.807) is 0 Å². The molecule has 0 spiro atoms. The number of aliphatic hydroxyl groups is 2. The molecule has 5 nitrogen and oxygen atoms in total. The summed E-state index contributed by atoms with van der Waals surface area (Å²) in [5, 5.41) is 28.3. The Morgan fingerprint density at radius 2 is 1.96 bits per heavy atom. The van der Waals surface area contributed by atoms with Crippen molar-refractivity contribution in [3.05, 3.63) is 0 Å². The van der Waals surface area contributed by atoms with Gasteiger partial charge < -0.3 is 19.4 Å². The zero-order valence-electron chi connectivity index (χ0n) is 15.6. The number of hydrogen-bond donors (Lipinski definition) is 2. The Kier molecular flexibility index (Phi) is 6.45. The summed E-state index contributed by atoms with van der Waals surface area (Å²) >= 11 is 0. The highest BCUT2D eigenvalue weighted by Crippen LogP contribution is 2.45. The van der Waals surface area contributed by atoms with Crippen molar-refractivity contribution in [2.24, 2.45) is 5.41 Å². The van der Waals surface area contributed by atoms with Gasteiger partial charge in [0.1, 0.15) is 6.10 Å². The summed E-state index contributed by atoms with van der Waals surface area (Å²) in [4.78, 5) is 0. The van der Waals surface area contributed by atoms with Crippen LogP contribution in [0.2, 0.25) is 18.1 Å². The van der Waals surface area contributed by atoms with Gasteiger partial charge in [-0.3, -0.25) is 0 Å². The third-order valence-electron chi connectivity index (χ3n) is 5.50. The lowest BCUT2D eigenvalue weighted by Crippen LogP contribution is -2.56. The average molecular weight is 344 g/mol. The zero-order chi connectivity index (χ0) is 18.1. The molecule has 0 saturated carbocycles. The minimum Gasteiger partial charge on any atom is -0.413 e. The van der Waals surface area contributed by atoms with Gasteiger partial charge in [-0.05, 0) is 18.1 Å². The summed E-state index contributed by atoms with van der Waals surface area (Å²) in [5.74, 6) is 0. The molecule has 1 aliphatic rings. The largest absolute Gasteiger partial charge is 0.413 e. The first-order valence-electron chi connectivity index (χ1n) is 8.37. The fraction of sp³-hybridized carbons (Fsp3) is 0.941. The van der Waals surface area contributed by atoms with Gasteiger partial charge in [0.2, 0.25) is 0 Å². The van der Waals surface area contributed by atoms with E-state index in [-0.39, 0.29) is 29.3 Å².